The second-order valence-corrected chi connectivity index (χ2v) is 4.55. The molecule has 0 bridgehead atoms. The number of ether oxygens (including phenoxy) is 1. The molecule has 0 aromatic heterocycles. The molecule has 0 spiro atoms. The molecule has 4 nitrogen and oxygen atoms in total. The summed E-state index contributed by atoms with van der Waals surface area (Å²) in [6.45, 7) is 6.29. The van der Waals surface area contributed by atoms with Gasteiger partial charge in [-0.25, -0.2) is 0 Å². The van der Waals surface area contributed by atoms with Gasteiger partial charge in [-0.1, -0.05) is 6.07 Å². The van der Waals surface area contributed by atoms with E-state index in [0.29, 0.717) is 18.8 Å². The van der Waals surface area contributed by atoms with Gasteiger partial charge in [-0.2, -0.15) is 0 Å². The highest BCUT2D eigenvalue weighted by Crippen LogP contribution is 2.36. The van der Waals surface area contributed by atoms with Crippen LogP contribution in [0, 0.1) is 0 Å². The molecular weight excluding hydrogens is 218 g/mol. The summed E-state index contributed by atoms with van der Waals surface area (Å²) >= 11 is 0. The zero-order valence-electron chi connectivity index (χ0n) is 10.3. The number of aromatic hydroxyl groups is 2. The quantitative estimate of drug-likeness (QED) is 0.824. The van der Waals surface area contributed by atoms with Crippen molar-refractivity contribution < 1.29 is 14.9 Å². The number of phenolic OH excluding ortho intramolecular Hbond substituents is 2. The first kappa shape index (κ1) is 12.2. The molecule has 1 saturated heterocycles. The molecule has 4 heteroatoms. The number of nitrogens with zero attached hydrogens (tertiary/aromatic N) is 1. The van der Waals surface area contributed by atoms with Gasteiger partial charge in [0.05, 0.1) is 18.8 Å². The Morgan fingerprint density at radius 1 is 1.35 bits per heavy atom. The van der Waals surface area contributed by atoms with E-state index in [1.165, 1.54) is 0 Å². The van der Waals surface area contributed by atoms with Gasteiger partial charge in [0.25, 0.3) is 0 Å². The third-order valence-corrected chi connectivity index (χ3v) is 3.39. The van der Waals surface area contributed by atoms with Gasteiger partial charge in [0.1, 0.15) is 11.5 Å². The fourth-order valence-electron chi connectivity index (χ4n) is 2.45. The Hall–Kier alpha value is -1.26. The molecule has 94 valence electrons. The first-order valence-electron chi connectivity index (χ1n) is 5.95. The molecule has 1 aliphatic heterocycles. The zero-order chi connectivity index (χ0) is 12.4. The third-order valence-electron chi connectivity index (χ3n) is 3.39. The van der Waals surface area contributed by atoms with Crippen LogP contribution < -0.4 is 0 Å². The van der Waals surface area contributed by atoms with Gasteiger partial charge in [0.2, 0.25) is 0 Å². The van der Waals surface area contributed by atoms with Gasteiger partial charge in [0.15, 0.2) is 0 Å². The molecule has 0 saturated carbocycles. The van der Waals surface area contributed by atoms with Crippen molar-refractivity contribution in [3.05, 3.63) is 23.8 Å². The van der Waals surface area contributed by atoms with E-state index in [1.807, 2.05) is 6.92 Å². The van der Waals surface area contributed by atoms with Crippen LogP contribution in [0.3, 0.4) is 0 Å². The Labute approximate surface area is 101 Å². The molecule has 17 heavy (non-hydrogen) atoms. The van der Waals surface area contributed by atoms with E-state index in [4.69, 9.17) is 4.74 Å². The highest BCUT2D eigenvalue weighted by atomic mass is 16.5. The molecular formula is C13H19NO3. The minimum Gasteiger partial charge on any atom is -0.507 e. The molecule has 0 amide bonds. The monoisotopic (exact) mass is 237 g/mol. The van der Waals surface area contributed by atoms with E-state index >= 15 is 0 Å². The highest BCUT2D eigenvalue weighted by Gasteiger charge is 2.27. The molecule has 1 aliphatic rings. The smallest absolute Gasteiger partial charge is 0.124 e. The number of morpholine rings is 1. The summed E-state index contributed by atoms with van der Waals surface area (Å²) in [4.78, 5) is 2.23. The molecule has 1 aromatic carbocycles. The zero-order valence-corrected chi connectivity index (χ0v) is 10.3. The Bertz CT molecular complexity index is 374. The average molecular weight is 237 g/mol. The number of rotatable bonds is 2. The standard InChI is InChI=1S/C13H19NO3/c1-9-8-17-7-6-14(9)10(2)13-11(15)4-3-5-12(13)16/h3-5,9-10,15-16H,6-8H2,1-2H3. The van der Waals surface area contributed by atoms with Gasteiger partial charge < -0.3 is 14.9 Å². The van der Waals surface area contributed by atoms with Crippen LogP contribution in [0.1, 0.15) is 25.5 Å². The van der Waals surface area contributed by atoms with Crippen LogP contribution in [0.2, 0.25) is 0 Å². The second kappa shape index (κ2) is 4.94. The van der Waals surface area contributed by atoms with Crippen LogP contribution in [-0.2, 0) is 4.74 Å². The summed E-state index contributed by atoms with van der Waals surface area (Å²) in [5.74, 6) is 0.299. The molecule has 2 rings (SSSR count). The van der Waals surface area contributed by atoms with Crippen molar-refractivity contribution in [2.24, 2.45) is 0 Å². The Morgan fingerprint density at radius 2 is 2.00 bits per heavy atom. The van der Waals surface area contributed by atoms with Crippen molar-refractivity contribution in [3.63, 3.8) is 0 Å². The van der Waals surface area contributed by atoms with Crippen molar-refractivity contribution in [3.8, 4) is 11.5 Å². The Morgan fingerprint density at radius 3 is 2.59 bits per heavy atom. The maximum Gasteiger partial charge on any atom is 0.124 e. The van der Waals surface area contributed by atoms with Crippen LogP contribution in [-0.4, -0.2) is 40.9 Å². The van der Waals surface area contributed by atoms with E-state index in [0.717, 1.165) is 6.54 Å². The maximum atomic E-state index is 9.86. The van der Waals surface area contributed by atoms with Gasteiger partial charge in [-0.15, -0.1) is 0 Å². The minimum absolute atomic E-state index is 0.0184. The molecule has 2 N–H and O–H groups in total. The predicted molar refractivity (Wildman–Crippen MR) is 65.2 cm³/mol. The Balaban J connectivity index is 2.26. The average Bonchev–Trinajstić information content (AvgIpc) is 2.29. The maximum absolute atomic E-state index is 9.86. The topological polar surface area (TPSA) is 52.9 Å². The molecule has 1 aromatic rings. The highest BCUT2D eigenvalue weighted by molar-refractivity contribution is 5.45. The molecule has 0 aliphatic carbocycles. The molecule has 0 radical (unpaired) electrons. The van der Waals surface area contributed by atoms with Crippen LogP contribution in [0.25, 0.3) is 0 Å². The van der Waals surface area contributed by atoms with E-state index in [9.17, 15) is 10.2 Å². The van der Waals surface area contributed by atoms with Crippen LogP contribution in [0.15, 0.2) is 18.2 Å². The number of hydrogen-bond acceptors (Lipinski definition) is 4. The van der Waals surface area contributed by atoms with Crippen molar-refractivity contribution >= 4 is 0 Å². The fourth-order valence-corrected chi connectivity index (χ4v) is 2.45. The van der Waals surface area contributed by atoms with Crippen LogP contribution in [0.5, 0.6) is 11.5 Å². The largest absolute Gasteiger partial charge is 0.507 e. The summed E-state index contributed by atoms with van der Waals surface area (Å²) in [6.07, 6.45) is 0. The molecule has 1 fully saturated rings. The summed E-state index contributed by atoms with van der Waals surface area (Å²) in [5, 5.41) is 19.7. The van der Waals surface area contributed by atoms with Crippen molar-refractivity contribution in [2.75, 3.05) is 19.8 Å². The summed E-state index contributed by atoms with van der Waals surface area (Å²) < 4.78 is 5.39. The van der Waals surface area contributed by atoms with Crippen molar-refractivity contribution in [2.45, 2.75) is 25.9 Å². The second-order valence-electron chi connectivity index (χ2n) is 4.55. The minimum atomic E-state index is -0.0184. The van der Waals surface area contributed by atoms with Gasteiger partial charge >= 0.3 is 0 Å². The lowest BCUT2D eigenvalue weighted by Gasteiger charge is -2.38. The van der Waals surface area contributed by atoms with Crippen LogP contribution in [0.4, 0.5) is 0 Å². The van der Waals surface area contributed by atoms with E-state index in [-0.39, 0.29) is 23.6 Å². The molecule has 2 atom stereocenters. The normalized spacial score (nSPS) is 23.5. The lowest BCUT2D eigenvalue weighted by Crippen LogP contribution is -2.44. The lowest BCUT2D eigenvalue weighted by atomic mass is 10.0. The third kappa shape index (κ3) is 2.37. The fraction of sp³-hybridized carbons (Fsp3) is 0.538. The summed E-state index contributed by atoms with van der Waals surface area (Å²) in [7, 11) is 0. The first-order chi connectivity index (χ1) is 8.11. The summed E-state index contributed by atoms with van der Waals surface area (Å²) in [5.41, 5.74) is 0.598. The SMILES string of the molecule is CC1COCCN1C(C)c1c(O)cccc1O. The van der Waals surface area contributed by atoms with Crippen molar-refractivity contribution in [1.29, 1.82) is 0 Å². The van der Waals surface area contributed by atoms with Crippen LogP contribution >= 0.6 is 0 Å². The first-order valence-corrected chi connectivity index (χ1v) is 5.95. The molecule has 2 unspecified atom stereocenters. The van der Waals surface area contributed by atoms with E-state index in [1.54, 1.807) is 18.2 Å². The van der Waals surface area contributed by atoms with Crippen molar-refractivity contribution in [1.82, 2.24) is 4.90 Å². The van der Waals surface area contributed by atoms with E-state index in [2.05, 4.69) is 11.8 Å². The predicted octanol–water partition coefficient (Wildman–Crippen LogP) is 1.88. The molecule has 1 heterocycles. The number of phenols is 2. The number of benzene rings is 1. The number of hydrogen-bond donors (Lipinski definition) is 2. The summed E-state index contributed by atoms with van der Waals surface area (Å²) in [6, 6.07) is 5.13. The lowest BCUT2D eigenvalue weighted by molar-refractivity contribution is -0.0198. The van der Waals surface area contributed by atoms with Gasteiger partial charge in [-0.3, -0.25) is 4.90 Å². The van der Waals surface area contributed by atoms with Gasteiger partial charge in [0, 0.05) is 18.6 Å². The van der Waals surface area contributed by atoms with E-state index < -0.39 is 0 Å². The van der Waals surface area contributed by atoms with Gasteiger partial charge in [-0.05, 0) is 26.0 Å². The Kier molecular flexibility index (Phi) is 3.54.